The van der Waals surface area contributed by atoms with Crippen molar-refractivity contribution in [2.24, 2.45) is 5.92 Å². The first kappa shape index (κ1) is 19.7. The quantitative estimate of drug-likeness (QED) is 0.559. The van der Waals surface area contributed by atoms with E-state index in [0.717, 1.165) is 31.7 Å². The van der Waals surface area contributed by atoms with Gasteiger partial charge in [-0.25, -0.2) is 8.42 Å². The maximum atomic E-state index is 11.7. The number of piperazine rings is 1. The molecule has 2 fully saturated rings. The van der Waals surface area contributed by atoms with E-state index in [2.05, 4.69) is 21.3 Å². The molecule has 146 valence electrons. The summed E-state index contributed by atoms with van der Waals surface area (Å²) in [6, 6.07) is 6.97. The van der Waals surface area contributed by atoms with Gasteiger partial charge in [0.05, 0.1) is 17.1 Å². The van der Waals surface area contributed by atoms with E-state index in [1.807, 2.05) is 12.1 Å². The Labute approximate surface area is 156 Å². The van der Waals surface area contributed by atoms with E-state index in [-0.39, 0.29) is 18.4 Å². The maximum absolute atomic E-state index is 11.7. The normalized spacial score (nSPS) is 30.2. The van der Waals surface area contributed by atoms with Crippen LogP contribution in [0.5, 0.6) is 0 Å². The van der Waals surface area contributed by atoms with E-state index in [0.29, 0.717) is 10.8 Å². The lowest BCUT2D eigenvalue weighted by Gasteiger charge is -2.39. The van der Waals surface area contributed by atoms with E-state index in [1.165, 1.54) is 19.1 Å². The molecule has 1 aromatic carbocycles. The number of hydrogen-bond donors (Lipinski definition) is 4. The Kier molecular flexibility index (Phi) is 6.65. The van der Waals surface area contributed by atoms with Gasteiger partial charge in [-0.15, -0.1) is 0 Å². The number of nitrogens with one attached hydrogen (secondary N) is 4. The minimum Gasteiger partial charge on any atom is -0.365 e. The first-order chi connectivity index (χ1) is 12.5. The third-order valence-corrected chi connectivity index (χ3v) is 6.31. The molecule has 0 aromatic heterocycles. The number of sulfone groups is 1. The van der Waals surface area contributed by atoms with Crippen LogP contribution in [-0.2, 0) is 14.6 Å². The van der Waals surface area contributed by atoms with Gasteiger partial charge in [0.15, 0.2) is 9.84 Å². The Hall–Kier alpha value is -1.03. The van der Waals surface area contributed by atoms with Gasteiger partial charge in [-0.1, -0.05) is 12.1 Å². The Morgan fingerprint density at radius 3 is 2.62 bits per heavy atom. The molecule has 0 bridgehead atoms. The number of rotatable bonds is 6. The Morgan fingerprint density at radius 1 is 1.23 bits per heavy atom. The van der Waals surface area contributed by atoms with Crippen LogP contribution in [0.1, 0.15) is 24.4 Å². The van der Waals surface area contributed by atoms with Crippen LogP contribution in [-0.4, -0.2) is 60.4 Å². The zero-order valence-corrected chi connectivity index (χ0v) is 16.3. The van der Waals surface area contributed by atoms with E-state index in [1.54, 1.807) is 19.2 Å². The van der Waals surface area contributed by atoms with E-state index < -0.39 is 9.84 Å². The Bertz CT molecular complexity index is 674. The van der Waals surface area contributed by atoms with Crippen LogP contribution in [0, 0.1) is 5.92 Å². The van der Waals surface area contributed by atoms with Crippen molar-refractivity contribution in [2.75, 3.05) is 39.5 Å². The lowest BCUT2D eigenvalue weighted by atomic mass is 9.99. The molecule has 8 heteroatoms. The Balaban J connectivity index is 1.63. The topological polar surface area (TPSA) is 91.5 Å². The number of benzene rings is 1. The highest BCUT2D eigenvalue weighted by Gasteiger charge is 2.31. The molecule has 4 atom stereocenters. The van der Waals surface area contributed by atoms with Gasteiger partial charge < -0.3 is 15.4 Å². The minimum atomic E-state index is -3.19. The summed E-state index contributed by atoms with van der Waals surface area (Å²) in [5.74, 6) is 0.665. The summed E-state index contributed by atoms with van der Waals surface area (Å²) in [5, 5.41) is 14.1. The smallest absolute Gasteiger partial charge is 0.175 e. The van der Waals surface area contributed by atoms with Crippen molar-refractivity contribution in [3.63, 3.8) is 0 Å². The molecule has 3 rings (SSSR count). The second-order valence-electron chi connectivity index (χ2n) is 7.22. The SMILES string of the molecule is COC1NCC(NCC2CCCNC2)NC1c1ccc(S(C)(=O)=O)cc1. The fourth-order valence-electron chi connectivity index (χ4n) is 3.67. The highest BCUT2D eigenvalue weighted by molar-refractivity contribution is 7.90. The van der Waals surface area contributed by atoms with E-state index in [4.69, 9.17) is 4.74 Å². The van der Waals surface area contributed by atoms with Gasteiger partial charge in [0.2, 0.25) is 0 Å². The van der Waals surface area contributed by atoms with E-state index in [9.17, 15) is 8.42 Å². The molecule has 0 aliphatic carbocycles. The highest BCUT2D eigenvalue weighted by Crippen LogP contribution is 2.22. The van der Waals surface area contributed by atoms with Crippen molar-refractivity contribution in [1.82, 2.24) is 21.3 Å². The lowest BCUT2D eigenvalue weighted by Crippen LogP contribution is -2.62. The molecular weight excluding hydrogens is 352 g/mol. The zero-order valence-electron chi connectivity index (χ0n) is 15.5. The zero-order chi connectivity index (χ0) is 18.6. The fraction of sp³-hybridized carbons (Fsp3) is 0.667. The average Bonchev–Trinajstić information content (AvgIpc) is 2.66. The predicted octanol–water partition coefficient (Wildman–Crippen LogP) is 0.212. The molecule has 0 spiro atoms. The van der Waals surface area contributed by atoms with Crippen molar-refractivity contribution in [2.45, 2.75) is 36.2 Å². The monoisotopic (exact) mass is 382 g/mol. The third-order valence-electron chi connectivity index (χ3n) is 5.18. The number of methoxy groups -OCH3 is 1. The van der Waals surface area contributed by atoms with Crippen LogP contribution in [0.3, 0.4) is 0 Å². The minimum absolute atomic E-state index is 0.0515. The van der Waals surface area contributed by atoms with Gasteiger partial charge in [0.25, 0.3) is 0 Å². The Morgan fingerprint density at radius 2 is 2.00 bits per heavy atom. The summed E-state index contributed by atoms with van der Waals surface area (Å²) in [6.07, 6.45) is 3.71. The van der Waals surface area contributed by atoms with Crippen LogP contribution in [0.2, 0.25) is 0 Å². The summed E-state index contributed by atoms with van der Waals surface area (Å²) >= 11 is 0. The summed E-state index contributed by atoms with van der Waals surface area (Å²) in [5.41, 5.74) is 1.00. The van der Waals surface area contributed by atoms with Crippen LogP contribution < -0.4 is 21.3 Å². The van der Waals surface area contributed by atoms with Crippen molar-refractivity contribution in [3.8, 4) is 0 Å². The molecule has 2 aliphatic rings. The standard InChI is InChI=1S/C18H30N4O3S/c1-25-18-17(14-5-7-15(8-6-14)26(2,23)24)22-16(12-21-18)20-11-13-4-3-9-19-10-13/h5-8,13,16-22H,3-4,9-12H2,1-2H3. The lowest BCUT2D eigenvalue weighted by molar-refractivity contribution is 0.0117. The molecule has 1 aromatic rings. The van der Waals surface area contributed by atoms with Crippen LogP contribution in [0.4, 0.5) is 0 Å². The molecule has 7 nitrogen and oxygen atoms in total. The van der Waals surface area contributed by atoms with Crippen molar-refractivity contribution < 1.29 is 13.2 Å². The van der Waals surface area contributed by atoms with Crippen LogP contribution in [0.15, 0.2) is 29.2 Å². The summed E-state index contributed by atoms with van der Waals surface area (Å²) < 4.78 is 28.9. The number of ether oxygens (including phenoxy) is 1. The first-order valence-electron chi connectivity index (χ1n) is 9.23. The van der Waals surface area contributed by atoms with Gasteiger partial charge >= 0.3 is 0 Å². The second-order valence-corrected chi connectivity index (χ2v) is 9.24. The third kappa shape index (κ3) is 5.03. The summed E-state index contributed by atoms with van der Waals surface area (Å²) in [6.45, 7) is 3.95. The highest BCUT2D eigenvalue weighted by atomic mass is 32.2. The molecule has 0 radical (unpaired) electrons. The van der Waals surface area contributed by atoms with E-state index >= 15 is 0 Å². The molecule has 2 aliphatic heterocycles. The maximum Gasteiger partial charge on any atom is 0.175 e. The largest absolute Gasteiger partial charge is 0.365 e. The predicted molar refractivity (Wildman–Crippen MR) is 102 cm³/mol. The molecule has 0 amide bonds. The molecule has 0 saturated carbocycles. The molecule has 2 saturated heterocycles. The average molecular weight is 383 g/mol. The van der Waals surface area contributed by atoms with Gasteiger partial charge in [-0.05, 0) is 49.5 Å². The number of hydrogen-bond acceptors (Lipinski definition) is 7. The first-order valence-corrected chi connectivity index (χ1v) is 11.1. The molecule has 26 heavy (non-hydrogen) atoms. The number of piperidine rings is 1. The van der Waals surface area contributed by atoms with Crippen LogP contribution in [0.25, 0.3) is 0 Å². The molecule has 4 N–H and O–H groups in total. The van der Waals surface area contributed by atoms with Crippen molar-refractivity contribution in [1.29, 1.82) is 0 Å². The van der Waals surface area contributed by atoms with Gasteiger partial charge in [0.1, 0.15) is 6.23 Å². The fourth-order valence-corrected chi connectivity index (χ4v) is 4.30. The molecule has 2 heterocycles. The van der Waals surface area contributed by atoms with Gasteiger partial charge in [-0.3, -0.25) is 10.6 Å². The summed E-state index contributed by atoms with van der Waals surface area (Å²) in [4.78, 5) is 0.332. The van der Waals surface area contributed by atoms with Crippen molar-refractivity contribution >= 4 is 9.84 Å². The molecular formula is C18H30N4O3S. The molecule has 4 unspecified atom stereocenters. The summed E-state index contributed by atoms with van der Waals surface area (Å²) in [7, 11) is -1.51. The second kappa shape index (κ2) is 8.77. The van der Waals surface area contributed by atoms with Gasteiger partial charge in [-0.2, -0.15) is 0 Å². The van der Waals surface area contributed by atoms with Gasteiger partial charge in [0, 0.05) is 26.5 Å². The van der Waals surface area contributed by atoms with Crippen molar-refractivity contribution in [3.05, 3.63) is 29.8 Å². The van der Waals surface area contributed by atoms with Crippen LogP contribution >= 0.6 is 0 Å².